The molecule has 1 N–H and O–H groups in total. The zero-order chi connectivity index (χ0) is 14.9. The molecule has 0 aliphatic carbocycles. The molecule has 1 aliphatic heterocycles. The van der Waals surface area contributed by atoms with Crippen LogP contribution in [0.15, 0.2) is 18.2 Å². The maximum absolute atomic E-state index is 12.5. The minimum Gasteiger partial charge on any atom is -0.480 e. The number of nitrogens with zero attached hydrogens (tertiary/aromatic N) is 1. The lowest BCUT2D eigenvalue weighted by Crippen LogP contribution is -2.45. The van der Waals surface area contributed by atoms with Crippen LogP contribution in [0.1, 0.15) is 23.7 Å². The van der Waals surface area contributed by atoms with Crippen LogP contribution in [0.5, 0.6) is 0 Å². The Balaban J connectivity index is 2.33. The third-order valence-corrected chi connectivity index (χ3v) is 5.32. The van der Waals surface area contributed by atoms with E-state index in [-0.39, 0.29) is 16.3 Å². The quantitative estimate of drug-likeness (QED) is 0.921. The standard InChI is InChI=1S/C13H13Cl2NO3S/c1-2-11-16(10(6-20-11)13(18)19)12(17)7-3-4-8(14)9(15)5-7/h3-5,10-11H,2,6H2,1H3,(H,18,19). The highest BCUT2D eigenvalue weighted by molar-refractivity contribution is 8.00. The van der Waals surface area contributed by atoms with Crippen LogP contribution in [0.2, 0.25) is 10.0 Å². The third-order valence-electron chi connectivity index (χ3n) is 3.13. The molecule has 20 heavy (non-hydrogen) atoms. The van der Waals surface area contributed by atoms with E-state index in [1.165, 1.54) is 28.8 Å². The van der Waals surface area contributed by atoms with Gasteiger partial charge < -0.3 is 10.0 Å². The van der Waals surface area contributed by atoms with E-state index in [9.17, 15) is 14.7 Å². The van der Waals surface area contributed by atoms with Gasteiger partial charge in [-0.05, 0) is 24.6 Å². The van der Waals surface area contributed by atoms with Gasteiger partial charge in [0, 0.05) is 11.3 Å². The number of hydrogen-bond donors (Lipinski definition) is 1. The van der Waals surface area contributed by atoms with Crippen LogP contribution >= 0.6 is 35.0 Å². The smallest absolute Gasteiger partial charge is 0.327 e. The summed E-state index contributed by atoms with van der Waals surface area (Å²) in [4.78, 5) is 25.2. The normalized spacial score (nSPS) is 22.1. The number of carboxylic acids is 1. The molecule has 1 aromatic rings. The summed E-state index contributed by atoms with van der Waals surface area (Å²) in [5.74, 6) is -0.907. The molecule has 1 heterocycles. The second-order valence-corrected chi connectivity index (χ2v) is 6.42. The maximum Gasteiger partial charge on any atom is 0.327 e. The van der Waals surface area contributed by atoms with Crippen molar-refractivity contribution in [2.45, 2.75) is 24.8 Å². The van der Waals surface area contributed by atoms with Crippen LogP contribution in [-0.4, -0.2) is 39.1 Å². The first-order chi connectivity index (χ1) is 9.45. The molecule has 108 valence electrons. The average Bonchev–Trinajstić information content (AvgIpc) is 2.85. The molecule has 0 saturated carbocycles. The van der Waals surface area contributed by atoms with Crippen molar-refractivity contribution < 1.29 is 14.7 Å². The Labute approximate surface area is 131 Å². The molecule has 2 atom stereocenters. The van der Waals surface area contributed by atoms with Crippen molar-refractivity contribution in [3.63, 3.8) is 0 Å². The third kappa shape index (κ3) is 2.90. The fourth-order valence-corrected chi connectivity index (χ4v) is 3.76. The van der Waals surface area contributed by atoms with Gasteiger partial charge in [0.2, 0.25) is 0 Å². The highest BCUT2D eigenvalue weighted by Gasteiger charge is 2.41. The Bertz CT molecular complexity index is 552. The number of benzene rings is 1. The molecule has 7 heteroatoms. The molecule has 1 aliphatic rings. The van der Waals surface area contributed by atoms with E-state index in [2.05, 4.69) is 0 Å². The van der Waals surface area contributed by atoms with Crippen LogP contribution in [0, 0.1) is 0 Å². The van der Waals surface area contributed by atoms with E-state index < -0.39 is 12.0 Å². The molecular formula is C13H13Cl2NO3S. The number of aliphatic carboxylic acids is 1. The SMILES string of the molecule is CCC1SCC(C(=O)O)N1C(=O)c1ccc(Cl)c(Cl)c1. The van der Waals surface area contributed by atoms with Crippen molar-refractivity contribution in [2.24, 2.45) is 0 Å². The van der Waals surface area contributed by atoms with E-state index >= 15 is 0 Å². The number of thioether (sulfide) groups is 1. The summed E-state index contributed by atoms with van der Waals surface area (Å²) in [6.07, 6.45) is 0.696. The summed E-state index contributed by atoms with van der Waals surface area (Å²) in [6, 6.07) is 3.77. The summed E-state index contributed by atoms with van der Waals surface area (Å²) >= 11 is 13.2. The minimum absolute atomic E-state index is 0.127. The number of carbonyl (C=O) groups is 2. The maximum atomic E-state index is 12.5. The molecule has 1 saturated heterocycles. The lowest BCUT2D eigenvalue weighted by Gasteiger charge is -2.26. The van der Waals surface area contributed by atoms with Crippen molar-refractivity contribution in [3.05, 3.63) is 33.8 Å². The molecule has 2 unspecified atom stereocenters. The van der Waals surface area contributed by atoms with Gasteiger partial charge in [-0.1, -0.05) is 30.1 Å². The van der Waals surface area contributed by atoms with Crippen LogP contribution < -0.4 is 0 Å². The minimum atomic E-state index is -0.984. The van der Waals surface area contributed by atoms with Gasteiger partial charge in [-0.25, -0.2) is 4.79 Å². The van der Waals surface area contributed by atoms with E-state index in [1.54, 1.807) is 6.07 Å². The van der Waals surface area contributed by atoms with Gasteiger partial charge in [0.25, 0.3) is 5.91 Å². The molecule has 0 radical (unpaired) electrons. The van der Waals surface area contributed by atoms with Crippen LogP contribution in [0.25, 0.3) is 0 Å². The summed E-state index contributed by atoms with van der Waals surface area (Å²) in [5.41, 5.74) is 0.353. The molecule has 1 aromatic carbocycles. The molecule has 0 aromatic heterocycles. The van der Waals surface area contributed by atoms with Gasteiger partial charge in [-0.15, -0.1) is 11.8 Å². The van der Waals surface area contributed by atoms with Crippen molar-refractivity contribution in [1.29, 1.82) is 0 Å². The van der Waals surface area contributed by atoms with Gasteiger partial charge in [-0.3, -0.25) is 4.79 Å². The van der Waals surface area contributed by atoms with Crippen molar-refractivity contribution >= 4 is 46.8 Å². The predicted octanol–water partition coefficient (Wildman–Crippen LogP) is 3.37. The number of hydrogen-bond acceptors (Lipinski definition) is 3. The number of rotatable bonds is 3. The zero-order valence-electron chi connectivity index (χ0n) is 10.7. The Morgan fingerprint density at radius 3 is 2.65 bits per heavy atom. The molecule has 1 amide bonds. The molecule has 2 rings (SSSR count). The van der Waals surface area contributed by atoms with Gasteiger partial charge in [-0.2, -0.15) is 0 Å². The van der Waals surface area contributed by atoms with E-state index in [1.807, 2.05) is 6.92 Å². The molecule has 0 spiro atoms. The summed E-state index contributed by atoms with van der Waals surface area (Å²) in [7, 11) is 0. The predicted molar refractivity (Wildman–Crippen MR) is 80.6 cm³/mol. The fraction of sp³-hybridized carbons (Fsp3) is 0.385. The lowest BCUT2D eigenvalue weighted by molar-refractivity contribution is -0.141. The fourth-order valence-electron chi connectivity index (χ4n) is 2.12. The second kappa shape index (κ2) is 6.24. The van der Waals surface area contributed by atoms with Crippen LogP contribution in [0.3, 0.4) is 0 Å². The highest BCUT2D eigenvalue weighted by atomic mass is 35.5. The van der Waals surface area contributed by atoms with Gasteiger partial charge in [0.05, 0.1) is 15.4 Å². The lowest BCUT2D eigenvalue weighted by atomic mass is 10.1. The largest absolute Gasteiger partial charge is 0.480 e. The van der Waals surface area contributed by atoms with Crippen LogP contribution in [0.4, 0.5) is 0 Å². The van der Waals surface area contributed by atoms with Crippen LogP contribution in [-0.2, 0) is 4.79 Å². The Kier molecular flexibility index (Phi) is 4.83. The van der Waals surface area contributed by atoms with E-state index in [4.69, 9.17) is 23.2 Å². The van der Waals surface area contributed by atoms with Gasteiger partial charge >= 0.3 is 5.97 Å². The van der Waals surface area contributed by atoms with Gasteiger partial charge in [0.15, 0.2) is 0 Å². The topological polar surface area (TPSA) is 57.6 Å². The average molecular weight is 334 g/mol. The molecule has 1 fully saturated rings. The number of carboxylic acid groups (broad SMARTS) is 1. The zero-order valence-corrected chi connectivity index (χ0v) is 13.0. The monoisotopic (exact) mass is 333 g/mol. The number of amides is 1. The van der Waals surface area contributed by atoms with Crippen molar-refractivity contribution in [1.82, 2.24) is 4.90 Å². The number of carbonyl (C=O) groups excluding carboxylic acids is 1. The van der Waals surface area contributed by atoms with Gasteiger partial charge in [0.1, 0.15) is 6.04 Å². The van der Waals surface area contributed by atoms with E-state index in [0.29, 0.717) is 22.8 Å². The summed E-state index contributed by atoms with van der Waals surface area (Å²) in [6.45, 7) is 1.93. The summed E-state index contributed by atoms with van der Waals surface area (Å²) < 4.78 is 0. The first-order valence-corrected chi connectivity index (χ1v) is 7.88. The number of halogens is 2. The van der Waals surface area contributed by atoms with Crippen molar-refractivity contribution in [3.8, 4) is 0 Å². The first kappa shape index (κ1) is 15.5. The Hall–Kier alpha value is -0.910. The Morgan fingerprint density at radius 1 is 1.40 bits per heavy atom. The second-order valence-electron chi connectivity index (χ2n) is 4.39. The van der Waals surface area contributed by atoms with Crippen molar-refractivity contribution in [2.75, 3.05) is 5.75 Å². The molecular weight excluding hydrogens is 321 g/mol. The highest BCUT2D eigenvalue weighted by Crippen LogP contribution is 2.33. The van der Waals surface area contributed by atoms with E-state index in [0.717, 1.165) is 0 Å². The summed E-state index contributed by atoms with van der Waals surface area (Å²) in [5, 5.41) is 9.75. The first-order valence-electron chi connectivity index (χ1n) is 6.07. The molecule has 0 bridgehead atoms. The molecule has 4 nitrogen and oxygen atoms in total. The Morgan fingerprint density at radius 2 is 2.10 bits per heavy atom.